The summed E-state index contributed by atoms with van der Waals surface area (Å²) in [4.78, 5) is 27.1. The molecule has 0 unspecified atom stereocenters. The molecule has 2 N–H and O–H groups in total. The van der Waals surface area contributed by atoms with E-state index >= 15 is 0 Å². The molecule has 1 aromatic heterocycles. The van der Waals surface area contributed by atoms with Crippen molar-refractivity contribution in [3.63, 3.8) is 0 Å². The number of carbonyl (C=O) groups is 2. The maximum Gasteiger partial charge on any atom is 0.251 e. The van der Waals surface area contributed by atoms with E-state index in [0.29, 0.717) is 30.8 Å². The number of fused-ring (bicyclic) bond motifs is 1. The fraction of sp³-hybridized carbons (Fsp3) is 0.231. The van der Waals surface area contributed by atoms with E-state index in [1.807, 2.05) is 0 Å². The van der Waals surface area contributed by atoms with Crippen molar-refractivity contribution < 1.29 is 14.1 Å². The normalized spacial score (nSPS) is 12.9. The van der Waals surface area contributed by atoms with Crippen LogP contribution in [0.1, 0.15) is 21.8 Å². The summed E-state index contributed by atoms with van der Waals surface area (Å²) in [5, 5.41) is 8.98. The summed E-state index contributed by atoms with van der Waals surface area (Å²) < 4.78 is 4.84. The van der Waals surface area contributed by atoms with E-state index < -0.39 is 0 Å². The number of carbonyl (C=O) groups excluding carboxylic acids is 2. The van der Waals surface area contributed by atoms with Gasteiger partial charge in [-0.2, -0.15) is 4.98 Å². The van der Waals surface area contributed by atoms with Gasteiger partial charge in [-0.15, -0.1) is 0 Å². The molecule has 0 saturated carbocycles. The van der Waals surface area contributed by atoms with Gasteiger partial charge in [0.2, 0.25) is 11.8 Å². The smallest absolute Gasteiger partial charge is 0.251 e. The van der Waals surface area contributed by atoms with E-state index in [0.717, 1.165) is 11.3 Å². The second-order valence-electron chi connectivity index (χ2n) is 4.44. The molecule has 0 saturated heterocycles. The number of anilines is 1. The Balaban J connectivity index is 1.60. The average molecular weight is 272 g/mol. The lowest BCUT2D eigenvalue weighted by Crippen LogP contribution is -2.25. The van der Waals surface area contributed by atoms with Gasteiger partial charge in [-0.3, -0.25) is 9.59 Å². The Kier molecular flexibility index (Phi) is 3.16. The van der Waals surface area contributed by atoms with Crippen molar-refractivity contribution in [1.82, 2.24) is 15.5 Å². The van der Waals surface area contributed by atoms with Crippen LogP contribution in [0.25, 0.3) is 0 Å². The summed E-state index contributed by atoms with van der Waals surface area (Å²) in [5.41, 5.74) is 2.16. The highest BCUT2D eigenvalue weighted by Gasteiger charge is 2.18. The first-order valence-corrected chi connectivity index (χ1v) is 6.19. The second-order valence-corrected chi connectivity index (χ2v) is 4.44. The molecule has 2 heterocycles. The molecule has 0 radical (unpaired) electrons. The molecule has 0 aliphatic carbocycles. The Morgan fingerprint density at radius 1 is 1.45 bits per heavy atom. The Morgan fingerprint density at radius 2 is 2.35 bits per heavy atom. The van der Waals surface area contributed by atoms with Crippen LogP contribution in [0.15, 0.2) is 29.0 Å². The highest BCUT2D eigenvalue weighted by molar-refractivity contribution is 6.01. The minimum Gasteiger partial charge on any atom is -0.352 e. The largest absolute Gasteiger partial charge is 0.352 e. The molecule has 3 rings (SSSR count). The average Bonchev–Trinajstić information content (AvgIpc) is 3.05. The molecule has 1 aromatic carbocycles. The van der Waals surface area contributed by atoms with Crippen LogP contribution in [0, 0.1) is 0 Å². The zero-order valence-electron chi connectivity index (χ0n) is 10.5. The molecular formula is C13H12N4O3. The van der Waals surface area contributed by atoms with Crippen molar-refractivity contribution in [2.75, 3.05) is 11.9 Å². The van der Waals surface area contributed by atoms with E-state index in [2.05, 4.69) is 20.8 Å². The van der Waals surface area contributed by atoms with Gasteiger partial charge in [0.25, 0.3) is 5.91 Å². The third-order valence-electron chi connectivity index (χ3n) is 3.02. The molecule has 20 heavy (non-hydrogen) atoms. The number of aromatic nitrogens is 2. The zero-order chi connectivity index (χ0) is 13.9. The number of benzene rings is 1. The van der Waals surface area contributed by atoms with Crippen LogP contribution in [-0.4, -0.2) is 28.5 Å². The maximum atomic E-state index is 12.0. The van der Waals surface area contributed by atoms with Crippen LogP contribution < -0.4 is 10.6 Å². The van der Waals surface area contributed by atoms with Crippen LogP contribution in [0.5, 0.6) is 0 Å². The van der Waals surface area contributed by atoms with Crippen LogP contribution in [0.3, 0.4) is 0 Å². The van der Waals surface area contributed by atoms with Gasteiger partial charge in [-0.1, -0.05) is 5.16 Å². The molecule has 2 amide bonds. The van der Waals surface area contributed by atoms with Crippen molar-refractivity contribution in [3.8, 4) is 0 Å². The molecule has 1 aliphatic heterocycles. The summed E-state index contributed by atoms with van der Waals surface area (Å²) >= 11 is 0. The standard InChI is InChI=1S/C13H12N4O3/c18-11-6-9-5-8(1-2-10(9)17-11)13(19)14-4-3-12-15-7-16-20-12/h1-2,5,7H,3-4,6H2,(H,14,19)(H,17,18). The van der Waals surface area contributed by atoms with Gasteiger partial charge in [0, 0.05) is 24.2 Å². The lowest BCUT2D eigenvalue weighted by Gasteiger charge is -2.05. The molecule has 1 aliphatic rings. The first kappa shape index (κ1) is 12.3. The molecule has 7 heteroatoms. The monoisotopic (exact) mass is 272 g/mol. The molecule has 0 spiro atoms. The Hall–Kier alpha value is -2.70. The van der Waals surface area contributed by atoms with E-state index in [-0.39, 0.29) is 11.8 Å². The third kappa shape index (κ3) is 2.51. The van der Waals surface area contributed by atoms with E-state index in [4.69, 9.17) is 4.52 Å². The first-order valence-electron chi connectivity index (χ1n) is 6.19. The number of amides is 2. The van der Waals surface area contributed by atoms with E-state index in [1.54, 1.807) is 18.2 Å². The lowest BCUT2D eigenvalue weighted by atomic mass is 10.1. The van der Waals surface area contributed by atoms with Gasteiger partial charge in [-0.25, -0.2) is 0 Å². The van der Waals surface area contributed by atoms with Crippen LogP contribution >= 0.6 is 0 Å². The Bertz CT molecular complexity index is 652. The molecule has 0 bridgehead atoms. The van der Waals surface area contributed by atoms with Crippen molar-refractivity contribution in [2.45, 2.75) is 12.8 Å². The molecule has 2 aromatic rings. The summed E-state index contributed by atoms with van der Waals surface area (Å²) in [5.74, 6) is 0.245. The molecule has 7 nitrogen and oxygen atoms in total. The highest BCUT2D eigenvalue weighted by atomic mass is 16.5. The summed E-state index contributed by atoms with van der Waals surface area (Å²) in [6, 6.07) is 5.16. The minimum atomic E-state index is -0.188. The fourth-order valence-electron chi connectivity index (χ4n) is 2.06. The van der Waals surface area contributed by atoms with Gasteiger partial charge >= 0.3 is 0 Å². The maximum absolute atomic E-state index is 12.0. The zero-order valence-corrected chi connectivity index (χ0v) is 10.5. The predicted octanol–water partition coefficient (Wildman–Crippen LogP) is 0.537. The number of rotatable bonds is 4. The van der Waals surface area contributed by atoms with Gasteiger partial charge < -0.3 is 15.2 Å². The molecule has 102 valence electrons. The topological polar surface area (TPSA) is 97.1 Å². The second kappa shape index (κ2) is 5.12. The number of nitrogens with zero attached hydrogens (tertiary/aromatic N) is 2. The van der Waals surface area contributed by atoms with Gasteiger partial charge in [0.05, 0.1) is 6.42 Å². The van der Waals surface area contributed by atoms with Crippen LogP contribution in [-0.2, 0) is 17.6 Å². The SMILES string of the molecule is O=C1Cc2cc(C(=O)NCCc3ncno3)ccc2N1. The lowest BCUT2D eigenvalue weighted by molar-refractivity contribution is -0.115. The summed E-state index contributed by atoms with van der Waals surface area (Å²) in [6.45, 7) is 0.412. The number of hydrogen-bond donors (Lipinski definition) is 2. The highest BCUT2D eigenvalue weighted by Crippen LogP contribution is 2.23. The summed E-state index contributed by atoms with van der Waals surface area (Å²) in [6.07, 6.45) is 2.12. The molecule has 0 fully saturated rings. The predicted molar refractivity (Wildman–Crippen MR) is 69.1 cm³/mol. The summed E-state index contributed by atoms with van der Waals surface area (Å²) in [7, 11) is 0. The van der Waals surface area contributed by atoms with Crippen LogP contribution in [0.2, 0.25) is 0 Å². The van der Waals surface area contributed by atoms with E-state index in [9.17, 15) is 9.59 Å². The Labute approximate surface area is 114 Å². The number of hydrogen-bond acceptors (Lipinski definition) is 5. The van der Waals surface area contributed by atoms with Crippen molar-refractivity contribution in [1.29, 1.82) is 0 Å². The van der Waals surface area contributed by atoms with Crippen molar-refractivity contribution >= 4 is 17.5 Å². The first-order chi connectivity index (χ1) is 9.72. The quantitative estimate of drug-likeness (QED) is 0.846. The molecule has 0 atom stereocenters. The Morgan fingerprint density at radius 3 is 3.15 bits per heavy atom. The van der Waals surface area contributed by atoms with Gasteiger partial charge in [0.1, 0.15) is 0 Å². The fourth-order valence-corrected chi connectivity index (χ4v) is 2.06. The third-order valence-corrected chi connectivity index (χ3v) is 3.02. The minimum absolute atomic E-state index is 0.0473. The van der Waals surface area contributed by atoms with E-state index in [1.165, 1.54) is 6.33 Å². The van der Waals surface area contributed by atoms with Gasteiger partial charge in [-0.05, 0) is 23.8 Å². The van der Waals surface area contributed by atoms with Crippen LogP contribution in [0.4, 0.5) is 5.69 Å². The van der Waals surface area contributed by atoms with Crippen molar-refractivity contribution in [2.24, 2.45) is 0 Å². The van der Waals surface area contributed by atoms with Gasteiger partial charge in [0.15, 0.2) is 6.33 Å². The number of nitrogens with one attached hydrogen (secondary N) is 2. The molecular weight excluding hydrogens is 260 g/mol. The van der Waals surface area contributed by atoms with Crippen molar-refractivity contribution in [3.05, 3.63) is 41.5 Å².